The first-order chi connectivity index (χ1) is 10.1. The second kappa shape index (κ2) is 6.09. The number of amides is 1. The molecule has 0 spiro atoms. The summed E-state index contributed by atoms with van der Waals surface area (Å²) in [5.41, 5.74) is 1.59. The first-order valence-corrected chi connectivity index (χ1v) is 9.09. The molecule has 1 unspecified atom stereocenters. The molecule has 1 aliphatic carbocycles. The van der Waals surface area contributed by atoms with E-state index < -0.39 is 0 Å². The van der Waals surface area contributed by atoms with Crippen molar-refractivity contribution in [3.05, 3.63) is 22.4 Å². The molecule has 1 aromatic rings. The van der Waals surface area contributed by atoms with Crippen LogP contribution in [-0.4, -0.2) is 23.9 Å². The van der Waals surface area contributed by atoms with Crippen molar-refractivity contribution in [3.8, 4) is 0 Å². The van der Waals surface area contributed by atoms with Crippen LogP contribution >= 0.6 is 11.3 Å². The van der Waals surface area contributed by atoms with Crippen molar-refractivity contribution in [2.75, 3.05) is 13.1 Å². The van der Waals surface area contributed by atoms with Crippen LogP contribution in [0.2, 0.25) is 0 Å². The van der Waals surface area contributed by atoms with Gasteiger partial charge in [0.2, 0.25) is 5.91 Å². The lowest BCUT2D eigenvalue weighted by Crippen LogP contribution is -2.40. The summed E-state index contributed by atoms with van der Waals surface area (Å²) in [5.74, 6) is 0.967. The summed E-state index contributed by atoms with van der Waals surface area (Å²) in [4.78, 5) is 14.5. The van der Waals surface area contributed by atoms with Gasteiger partial charge in [-0.25, -0.2) is 0 Å². The van der Waals surface area contributed by atoms with Crippen LogP contribution in [0.1, 0.15) is 57.7 Å². The maximum atomic E-state index is 12.4. The fourth-order valence-electron chi connectivity index (χ4n) is 4.23. The zero-order chi connectivity index (χ0) is 14.9. The Morgan fingerprint density at radius 1 is 1.43 bits per heavy atom. The number of hydrogen-bond donors (Lipinski definition) is 1. The molecule has 1 atom stereocenters. The SMILES string of the molecule is CC(C)CC1(CN2C(=O)CNC2c2ccsc2)CCCC1. The third kappa shape index (κ3) is 3.16. The zero-order valence-corrected chi connectivity index (χ0v) is 13.9. The van der Waals surface area contributed by atoms with Crippen molar-refractivity contribution in [2.45, 2.75) is 52.1 Å². The zero-order valence-electron chi connectivity index (χ0n) is 13.1. The van der Waals surface area contributed by atoms with Gasteiger partial charge < -0.3 is 4.90 Å². The summed E-state index contributed by atoms with van der Waals surface area (Å²) in [5, 5.41) is 7.64. The lowest BCUT2D eigenvalue weighted by atomic mass is 9.78. The molecule has 0 radical (unpaired) electrons. The first kappa shape index (κ1) is 15.0. The van der Waals surface area contributed by atoms with Gasteiger partial charge in [-0.2, -0.15) is 11.3 Å². The van der Waals surface area contributed by atoms with Gasteiger partial charge in [0.1, 0.15) is 6.17 Å². The van der Waals surface area contributed by atoms with Crippen LogP contribution in [0.5, 0.6) is 0 Å². The van der Waals surface area contributed by atoms with Crippen molar-refractivity contribution < 1.29 is 4.79 Å². The Hall–Kier alpha value is -0.870. The number of hydrogen-bond acceptors (Lipinski definition) is 3. The van der Waals surface area contributed by atoms with E-state index in [1.165, 1.54) is 37.7 Å². The van der Waals surface area contributed by atoms with Gasteiger partial charge in [-0.3, -0.25) is 10.1 Å². The van der Waals surface area contributed by atoms with E-state index in [0.29, 0.717) is 17.9 Å². The molecular weight excluding hydrogens is 280 g/mol. The maximum Gasteiger partial charge on any atom is 0.238 e. The Morgan fingerprint density at radius 3 is 2.81 bits per heavy atom. The lowest BCUT2D eigenvalue weighted by Gasteiger charge is -2.37. The fraction of sp³-hybridized carbons (Fsp3) is 0.706. The number of rotatable bonds is 5. The molecule has 1 aliphatic heterocycles. The molecule has 1 amide bonds. The van der Waals surface area contributed by atoms with E-state index in [0.717, 1.165) is 6.54 Å². The van der Waals surface area contributed by atoms with Crippen LogP contribution < -0.4 is 5.32 Å². The third-order valence-electron chi connectivity index (χ3n) is 4.95. The Kier molecular flexibility index (Phi) is 4.36. The first-order valence-electron chi connectivity index (χ1n) is 8.15. The Bertz CT molecular complexity index is 477. The molecule has 116 valence electrons. The molecule has 2 heterocycles. The van der Waals surface area contributed by atoms with Crippen molar-refractivity contribution in [1.82, 2.24) is 10.2 Å². The quantitative estimate of drug-likeness (QED) is 0.898. The minimum absolute atomic E-state index is 0.0911. The topological polar surface area (TPSA) is 32.3 Å². The predicted octanol–water partition coefficient (Wildman–Crippen LogP) is 3.79. The van der Waals surface area contributed by atoms with Gasteiger partial charge in [0.15, 0.2) is 0 Å². The van der Waals surface area contributed by atoms with Gasteiger partial charge >= 0.3 is 0 Å². The minimum atomic E-state index is 0.0911. The van der Waals surface area contributed by atoms with Gasteiger partial charge in [-0.1, -0.05) is 26.7 Å². The predicted molar refractivity (Wildman–Crippen MR) is 87.1 cm³/mol. The van der Waals surface area contributed by atoms with Gasteiger partial charge in [0.05, 0.1) is 6.54 Å². The highest BCUT2D eigenvalue weighted by atomic mass is 32.1. The second-order valence-electron chi connectivity index (χ2n) is 7.17. The normalized spacial score (nSPS) is 25.2. The number of carbonyl (C=O) groups is 1. The number of thiophene rings is 1. The molecule has 1 N–H and O–H groups in total. The van der Waals surface area contributed by atoms with Crippen LogP contribution in [0.15, 0.2) is 16.8 Å². The Labute approximate surface area is 131 Å². The van der Waals surface area contributed by atoms with Crippen LogP contribution in [0.4, 0.5) is 0 Å². The van der Waals surface area contributed by atoms with E-state index >= 15 is 0 Å². The Morgan fingerprint density at radius 2 is 2.19 bits per heavy atom. The van der Waals surface area contributed by atoms with Crippen molar-refractivity contribution in [3.63, 3.8) is 0 Å². The Balaban J connectivity index is 1.78. The maximum absolute atomic E-state index is 12.4. The van der Waals surface area contributed by atoms with E-state index in [9.17, 15) is 4.79 Å². The van der Waals surface area contributed by atoms with E-state index in [-0.39, 0.29) is 12.1 Å². The summed E-state index contributed by atoms with van der Waals surface area (Å²) < 4.78 is 0. The highest BCUT2D eigenvalue weighted by Crippen LogP contribution is 2.45. The van der Waals surface area contributed by atoms with Crippen LogP contribution in [0.25, 0.3) is 0 Å². The highest BCUT2D eigenvalue weighted by Gasteiger charge is 2.41. The monoisotopic (exact) mass is 306 g/mol. The molecular formula is C17H26N2OS. The summed E-state index contributed by atoms with van der Waals surface area (Å²) >= 11 is 1.70. The molecule has 1 saturated carbocycles. The molecule has 1 saturated heterocycles. The van der Waals surface area contributed by atoms with Gasteiger partial charge in [0.25, 0.3) is 0 Å². The molecule has 1 aromatic heterocycles. The van der Waals surface area contributed by atoms with E-state index in [1.54, 1.807) is 11.3 Å². The number of nitrogens with one attached hydrogen (secondary N) is 1. The van der Waals surface area contributed by atoms with Gasteiger partial charge in [-0.05, 0) is 53.0 Å². The number of carbonyl (C=O) groups excluding carboxylic acids is 1. The average molecular weight is 306 g/mol. The largest absolute Gasteiger partial charge is 0.321 e. The molecule has 3 nitrogen and oxygen atoms in total. The van der Waals surface area contributed by atoms with Crippen molar-refractivity contribution in [2.24, 2.45) is 11.3 Å². The van der Waals surface area contributed by atoms with E-state index in [4.69, 9.17) is 0 Å². The summed E-state index contributed by atoms with van der Waals surface area (Å²) in [6.07, 6.45) is 6.55. The highest BCUT2D eigenvalue weighted by molar-refractivity contribution is 7.07. The number of nitrogens with zero attached hydrogens (tertiary/aromatic N) is 1. The summed E-state index contributed by atoms with van der Waals surface area (Å²) in [6, 6.07) is 2.14. The lowest BCUT2D eigenvalue weighted by molar-refractivity contribution is -0.129. The molecule has 2 fully saturated rings. The molecule has 2 aliphatic rings. The van der Waals surface area contributed by atoms with Crippen molar-refractivity contribution in [1.29, 1.82) is 0 Å². The molecule has 21 heavy (non-hydrogen) atoms. The second-order valence-corrected chi connectivity index (χ2v) is 7.95. The molecule has 3 rings (SSSR count). The third-order valence-corrected chi connectivity index (χ3v) is 5.65. The van der Waals surface area contributed by atoms with Crippen LogP contribution in [-0.2, 0) is 4.79 Å². The van der Waals surface area contributed by atoms with Crippen LogP contribution in [0, 0.1) is 11.3 Å². The average Bonchev–Trinajstić information content (AvgIpc) is 3.13. The standard InChI is InChI=1S/C17H26N2OS/c1-13(2)9-17(6-3-4-7-17)12-19-15(20)10-18-16(19)14-5-8-21-11-14/h5,8,11,13,16,18H,3-4,6-7,9-10,12H2,1-2H3. The molecule has 0 bridgehead atoms. The van der Waals surface area contributed by atoms with Gasteiger partial charge in [-0.15, -0.1) is 0 Å². The summed E-state index contributed by atoms with van der Waals surface area (Å²) in [6.45, 7) is 6.02. The van der Waals surface area contributed by atoms with Gasteiger partial charge in [0, 0.05) is 6.54 Å². The smallest absolute Gasteiger partial charge is 0.238 e. The van der Waals surface area contributed by atoms with Crippen LogP contribution in [0.3, 0.4) is 0 Å². The molecule has 4 heteroatoms. The van der Waals surface area contributed by atoms with E-state index in [2.05, 4.69) is 40.9 Å². The minimum Gasteiger partial charge on any atom is -0.321 e. The van der Waals surface area contributed by atoms with E-state index in [1.807, 2.05) is 0 Å². The summed E-state index contributed by atoms with van der Waals surface area (Å²) in [7, 11) is 0. The van der Waals surface area contributed by atoms with Crippen molar-refractivity contribution >= 4 is 17.2 Å². The molecule has 0 aromatic carbocycles. The fourth-order valence-corrected chi connectivity index (χ4v) is 4.91.